The van der Waals surface area contributed by atoms with Crippen molar-refractivity contribution in [2.24, 2.45) is 23.7 Å². The third-order valence-electron chi connectivity index (χ3n) is 10.8. The van der Waals surface area contributed by atoms with Crippen molar-refractivity contribution >= 4 is 40.9 Å². The number of aromatic hydroxyl groups is 1. The largest absolute Gasteiger partial charge is 0.505 e. The molecule has 2 aliphatic carbocycles. The van der Waals surface area contributed by atoms with Gasteiger partial charge in [0.2, 0.25) is 11.8 Å². The molecule has 4 aromatic carbocycles. The van der Waals surface area contributed by atoms with Crippen LogP contribution in [-0.4, -0.2) is 38.6 Å². The van der Waals surface area contributed by atoms with Crippen LogP contribution in [0.2, 0.25) is 5.02 Å². The first-order valence-electron chi connectivity index (χ1n) is 16.3. The van der Waals surface area contributed by atoms with E-state index in [0.29, 0.717) is 21.7 Å². The molecule has 4 amide bonds. The number of benzene rings is 4. The number of halogens is 3. The summed E-state index contributed by atoms with van der Waals surface area (Å²) in [5, 5.41) is 11.5. The highest BCUT2D eigenvalue weighted by atomic mass is 35.5. The molecule has 2 heterocycles. The Labute approximate surface area is 290 Å². The van der Waals surface area contributed by atoms with E-state index in [0.717, 1.165) is 16.6 Å². The lowest BCUT2D eigenvalue weighted by molar-refractivity contribution is -0.142. The van der Waals surface area contributed by atoms with E-state index in [9.17, 15) is 23.9 Å². The first-order chi connectivity index (χ1) is 24.1. The Morgan fingerprint density at radius 2 is 1.56 bits per heavy atom. The summed E-state index contributed by atoms with van der Waals surface area (Å²) >= 11 is 6.30. The van der Waals surface area contributed by atoms with Gasteiger partial charge in [-0.05, 0) is 84.0 Å². The van der Waals surface area contributed by atoms with E-state index in [2.05, 4.69) is 5.43 Å². The number of phenols is 1. The van der Waals surface area contributed by atoms with Crippen LogP contribution in [0, 0.1) is 35.3 Å². The molecule has 0 bridgehead atoms. The van der Waals surface area contributed by atoms with E-state index >= 15 is 9.18 Å². The van der Waals surface area contributed by atoms with E-state index in [1.54, 1.807) is 24.3 Å². The molecule has 8 nitrogen and oxygen atoms in total. The van der Waals surface area contributed by atoms with Crippen LogP contribution in [0.5, 0.6) is 5.75 Å². The normalized spacial score (nSPS) is 27.2. The summed E-state index contributed by atoms with van der Waals surface area (Å²) in [7, 11) is 0. The molecule has 2 N–H and O–H groups in total. The second-order valence-electron chi connectivity index (χ2n) is 13.3. The molecule has 0 radical (unpaired) electrons. The number of rotatable bonds is 6. The minimum Gasteiger partial charge on any atom is -0.505 e. The van der Waals surface area contributed by atoms with Crippen LogP contribution < -0.4 is 5.43 Å². The van der Waals surface area contributed by atoms with Gasteiger partial charge in [-0.25, -0.2) is 8.78 Å². The quantitative estimate of drug-likeness (QED) is 0.176. The minimum absolute atomic E-state index is 0.0526. The number of carbonyl (C=O) groups excluding carboxylic acids is 4. The zero-order chi connectivity index (χ0) is 34.9. The average molecular weight is 694 g/mol. The summed E-state index contributed by atoms with van der Waals surface area (Å²) in [6.07, 6.45) is 2.14. The number of hydrogen-bond donors (Lipinski definition) is 2. The summed E-state index contributed by atoms with van der Waals surface area (Å²) in [6, 6.07) is 24.8. The molecule has 252 valence electrons. The van der Waals surface area contributed by atoms with Crippen LogP contribution in [-0.2, 0) is 31.1 Å². The second kappa shape index (κ2) is 11.9. The number of anilines is 1. The molecule has 0 spiro atoms. The molecule has 3 fully saturated rings. The molecular formula is C39H30ClF2N3O5. The number of hydrogen-bond acceptors (Lipinski definition) is 6. The van der Waals surface area contributed by atoms with Crippen LogP contribution in [0.3, 0.4) is 0 Å². The van der Waals surface area contributed by atoms with E-state index in [1.165, 1.54) is 41.3 Å². The Morgan fingerprint density at radius 1 is 0.840 bits per heavy atom. The van der Waals surface area contributed by atoms with Crippen molar-refractivity contribution in [3.8, 4) is 5.75 Å². The highest BCUT2D eigenvalue weighted by Crippen LogP contribution is 2.64. The molecule has 6 unspecified atom stereocenters. The molecule has 8 rings (SSSR count). The molecule has 4 aromatic rings. The summed E-state index contributed by atoms with van der Waals surface area (Å²) in [5.41, 5.74) is 3.73. The van der Waals surface area contributed by atoms with Gasteiger partial charge in [-0.1, -0.05) is 71.8 Å². The van der Waals surface area contributed by atoms with Gasteiger partial charge in [0.1, 0.15) is 5.82 Å². The zero-order valence-corrected chi connectivity index (χ0v) is 27.2. The summed E-state index contributed by atoms with van der Waals surface area (Å²) in [5.74, 6) is -8.03. The van der Waals surface area contributed by atoms with Crippen molar-refractivity contribution in [2.45, 2.75) is 30.7 Å². The predicted molar refractivity (Wildman–Crippen MR) is 179 cm³/mol. The van der Waals surface area contributed by atoms with Crippen molar-refractivity contribution in [3.63, 3.8) is 0 Å². The smallest absolute Gasteiger partial charge is 0.260 e. The van der Waals surface area contributed by atoms with Crippen molar-refractivity contribution in [2.75, 3.05) is 5.43 Å². The van der Waals surface area contributed by atoms with Gasteiger partial charge >= 0.3 is 0 Å². The fourth-order valence-corrected chi connectivity index (χ4v) is 8.85. The number of allylic oxidation sites excluding steroid dienone is 2. The molecule has 50 heavy (non-hydrogen) atoms. The summed E-state index contributed by atoms with van der Waals surface area (Å²) in [4.78, 5) is 59.1. The van der Waals surface area contributed by atoms with Crippen LogP contribution in [0.25, 0.3) is 0 Å². The molecule has 2 saturated heterocycles. The van der Waals surface area contributed by atoms with Gasteiger partial charge < -0.3 is 5.11 Å². The summed E-state index contributed by atoms with van der Waals surface area (Å²) in [6.45, 7) is 0.102. The van der Waals surface area contributed by atoms with Crippen molar-refractivity contribution < 1.29 is 33.1 Å². The fraction of sp³-hybridized carbons (Fsp3) is 0.231. The molecule has 4 aliphatic rings. The number of fused-ring (bicyclic) bond motifs is 4. The Balaban J connectivity index is 1.30. The number of imide groups is 2. The standard InChI is InChI=1S/C39H30ClF2N3O5/c40-24-9-7-23(8-10-24)39-30(36(48)45(38(39)50)43-26-13-11-25(41)12-14-26)19-29-27(34(39)22-6-17-32(46)31(42)18-22)15-16-28-33(29)37(49)44(35(28)47)20-21-4-2-1-3-5-21/h1-15,17-18,28-30,33-34,43,46H,16,19-20H2. The lowest BCUT2D eigenvalue weighted by Gasteiger charge is -2.50. The first kappa shape index (κ1) is 31.9. The number of carbonyl (C=O) groups is 4. The lowest BCUT2D eigenvalue weighted by Crippen LogP contribution is -2.53. The van der Waals surface area contributed by atoms with E-state index in [4.69, 9.17) is 11.6 Å². The maximum absolute atomic E-state index is 15.2. The Morgan fingerprint density at radius 3 is 2.26 bits per heavy atom. The Hall–Kier alpha value is -5.35. The molecular weight excluding hydrogens is 664 g/mol. The summed E-state index contributed by atoms with van der Waals surface area (Å²) < 4.78 is 29.0. The van der Waals surface area contributed by atoms with Gasteiger partial charge in [0.05, 0.1) is 35.4 Å². The molecule has 2 aliphatic heterocycles. The molecule has 0 aromatic heterocycles. The van der Waals surface area contributed by atoms with Crippen molar-refractivity contribution in [3.05, 3.63) is 142 Å². The second-order valence-corrected chi connectivity index (χ2v) is 13.8. The Bertz CT molecular complexity index is 2090. The number of hydrazine groups is 1. The van der Waals surface area contributed by atoms with Gasteiger partial charge in [0, 0.05) is 10.9 Å². The van der Waals surface area contributed by atoms with E-state index < -0.39 is 64.2 Å². The lowest BCUT2D eigenvalue weighted by atomic mass is 9.49. The average Bonchev–Trinajstić information content (AvgIpc) is 3.48. The van der Waals surface area contributed by atoms with Gasteiger partial charge in [-0.15, -0.1) is 0 Å². The first-order valence-corrected chi connectivity index (χ1v) is 16.7. The maximum Gasteiger partial charge on any atom is 0.260 e. The van der Waals surface area contributed by atoms with Crippen LogP contribution in [0.15, 0.2) is 109 Å². The van der Waals surface area contributed by atoms with Gasteiger partial charge in [0.25, 0.3) is 11.8 Å². The van der Waals surface area contributed by atoms with Crippen LogP contribution in [0.1, 0.15) is 35.4 Å². The third kappa shape index (κ3) is 4.76. The highest BCUT2D eigenvalue weighted by Gasteiger charge is 2.70. The maximum atomic E-state index is 15.2. The van der Waals surface area contributed by atoms with E-state index in [1.807, 2.05) is 36.4 Å². The SMILES string of the molecule is O=C1C2CC=C3C(CC4C(=O)N(Nc5ccc(F)cc5)C(=O)C4(c4ccc(Cl)cc4)C3c3ccc(O)c(F)c3)C2C(=O)N1Cc1ccccc1. The Kier molecular flexibility index (Phi) is 7.60. The molecule has 11 heteroatoms. The number of amides is 4. The number of likely N-dealkylation sites (tertiary alicyclic amines) is 1. The van der Waals surface area contributed by atoms with Crippen LogP contribution >= 0.6 is 11.6 Å². The van der Waals surface area contributed by atoms with Crippen molar-refractivity contribution in [1.29, 1.82) is 0 Å². The molecule has 6 atom stereocenters. The zero-order valence-electron chi connectivity index (χ0n) is 26.4. The number of phenolic OH excluding ortho intramolecular Hbond substituents is 1. The van der Waals surface area contributed by atoms with Crippen molar-refractivity contribution in [1.82, 2.24) is 9.91 Å². The van der Waals surface area contributed by atoms with Gasteiger partial charge in [0.15, 0.2) is 11.6 Å². The highest BCUT2D eigenvalue weighted by molar-refractivity contribution is 6.30. The third-order valence-corrected chi connectivity index (χ3v) is 11.1. The molecule has 1 saturated carbocycles. The minimum atomic E-state index is -1.65. The van der Waals surface area contributed by atoms with Crippen LogP contribution in [0.4, 0.5) is 14.5 Å². The number of nitrogens with zero attached hydrogens (tertiary/aromatic N) is 2. The number of nitrogens with one attached hydrogen (secondary N) is 1. The van der Waals surface area contributed by atoms with Gasteiger partial charge in [-0.2, -0.15) is 5.01 Å². The van der Waals surface area contributed by atoms with Gasteiger partial charge in [-0.3, -0.25) is 29.5 Å². The predicted octanol–water partition coefficient (Wildman–Crippen LogP) is 6.51. The van der Waals surface area contributed by atoms with E-state index in [-0.39, 0.29) is 36.9 Å². The topological polar surface area (TPSA) is 107 Å². The fourth-order valence-electron chi connectivity index (χ4n) is 8.72. The monoisotopic (exact) mass is 693 g/mol.